The molecular weight excluding hydrogens is 436 g/mol. The van der Waals surface area contributed by atoms with E-state index >= 15 is 0 Å². The molecule has 4 aliphatic rings. The number of carbonyl (C=O) groups is 3. The minimum atomic E-state index is -0.112. The zero-order chi connectivity index (χ0) is 24.5. The third-order valence-corrected chi connectivity index (χ3v) is 8.12. The van der Waals surface area contributed by atoms with Gasteiger partial charge in [0.25, 0.3) is 0 Å². The summed E-state index contributed by atoms with van der Waals surface area (Å²) in [7, 11) is 0. The van der Waals surface area contributed by atoms with Crippen molar-refractivity contribution in [2.24, 2.45) is 11.8 Å². The quantitative estimate of drug-likeness (QED) is 0.442. The molecule has 2 bridgehead atoms. The van der Waals surface area contributed by atoms with Crippen LogP contribution in [0.5, 0.6) is 0 Å². The molecule has 35 heavy (non-hydrogen) atoms. The Kier molecular flexibility index (Phi) is 9.70. The predicted octanol–water partition coefficient (Wildman–Crippen LogP) is 5.28. The van der Waals surface area contributed by atoms with E-state index in [1.807, 2.05) is 18.2 Å². The molecule has 1 saturated heterocycles. The fourth-order valence-corrected chi connectivity index (χ4v) is 6.08. The topological polar surface area (TPSA) is 75.3 Å². The van der Waals surface area contributed by atoms with Gasteiger partial charge in [-0.05, 0) is 43.3 Å². The maximum absolute atomic E-state index is 13.0. The van der Waals surface area contributed by atoms with Gasteiger partial charge in [0.1, 0.15) is 5.78 Å². The van der Waals surface area contributed by atoms with Gasteiger partial charge in [0.05, 0.1) is 12.0 Å². The fourth-order valence-electron chi connectivity index (χ4n) is 6.08. The van der Waals surface area contributed by atoms with Gasteiger partial charge in [0.15, 0.2) is 5.78 Å². The Morgan fingerprint density at radius 3 is 2.40 bits per heavy atom. The molecule has 4 rings (SSSR count). The van der Waals surface area contributed by atoms with Crippen molar-refractivity contribution in [2.75, 3.05) is 6.54 Å². The zero-order valence-electron chi connectivity index (χ0n) is 21.1. The van der Waals surface area contributed by atoms with Crippen LogP contribution in [0.3, 0.4) is 0 Å². The molecule has 190 valence electrons. The molecule has 2 fully saturated rings. The molecule has 1 aliphatic heterocycles. The molecule has 0 radical (unpaired) electrons. The minimum Gasteiger partial charge on any atom is -0.356 e. The summed E-state index contributed by atoms with van der Waals surface area (Å²) in [5, 5.41) is 6.52. The van der Waals surface area contributed by atoms with Crippen LogP contribution < -0.4 is 10.6 Å². The maximum atomic E-state index is 13.0. The fraction of sp³-hybridized carbons (Fsp3) is 0.633. The number of carbonyl (C=O) groups excluding carboxylic acids is 3. The number of nitrogens with one attached hydrogen (secondary N) is 2. The highest BCUT2D eigenvalue weighted by molar-refractivity contribution is 5.94. The molecule has 1 saturated carbocycles. The van der Waals surface area contributed by atoms with Crippen molar-refractivity contribution in [3.63, 3.8) is 0 Å². The van der Waals surface area contributed by atoms with Crippen LogP contribution in [-0.2, 0) is 14.4 Å². The Labute approximate surface area is 210 Å². The number of unbranched alkanes of at least 4 members (excludes halogenated alkanes) is 1. The Morgan fingerprint density at radius 2 is 1.63 bits per heavy atom. The standard InChI is InChI=1S/C30H42N2O3/c33-26(22-13-7-4-2-1-3-5-8-14-22)18-19-27(34)31-20-12-11-17-25-30(35)28-23-15-9-6-10-16-24(21-23)29(28)32-25/h6,9-10,15-16,21-22,25,28-29,32H,1-5,7-8,11-14,17-20H2,(H,31,34)/b9-6-,10-6?,15-9?,16-10-,23-15+,24-16?. The first-order chi connectivity index (χ1) is 17.1. The summed E-state index contributed by atoms with van der Waals surface area (Å²) in [6.45, 7) is 0.605. The van der Waals surface area contributed by atoms with E-state index in [0.717, 1.165) is 50.5 Å². The number of fused-ring (bicyclic) bond motifs is 4. The van der Waals surface area contributed by atoms with Crippen molar-refractivity contribution in [3.8, 4) is 0 Å². The third kappa shape index (κ3) is 7.13. The van der Waals surface area contributed by atoms with Crippen molar-refractivity contribution in [1.29, 1.82) is 0 Å². The summed E-state index contributed by atoms with van der Waals surface area (Å²) in [6.07, 6.45) is 26.2. The van der Waals surface area contributed by atoms with Crippen LogP contribution in [0.25, 0.3) is 0 Å². The monoisotopic (exact) mass is 478 g/mol. The highest BCUT2D eigenvalue weighted by Crippen LogP contribution is 2.38. The largest absolute Gasteiger partial charge is 0.356 e. The Balaban J connectivity index is 1.10. The van der Waals surface area contributed by atoms with Crippen LogP contribution in [0.2, 0.25) is 0 Å². The van der Waals surface area contributed by atoms with E-state index in [1.165, 1.54) is 37.7 Å². The van der Waals surface area contributed by atoms with Crippen molar-refractivity contribution in [3.05, 3.63) is 47.6 Å². The second kappa shape index (κ2) is 13.2. The van der Waals surface area contributed by atoms with E-state index in [-0.39, 0.29) is 35.6 Å². The number of hydrogen-bond donors (Lipinski definition) is 2. The average Bonchev–Trinajstić information content (AvgIpc) is 3.37. The molecule has 1 heterocycles. The summed E-state index contributed by atoms with van der Waals surface area (Å²) >= 11 is 0. The summed E-state index contributed by atoms with van der Waals surface area (Å²) in [6, 6.07) is -0.0155. The highest BCUT2D eigenvalue weighted by Gasteiger charge is 2.46. The van der Waals surface area contributed by atoms with E-state index in [1.54, 1.807) is 0 Å². The molecule has 5 heteroatoms. The first-order valence-electron chi connectivity index (χ1n) is 14.0. The maximum Gasteiger partial charge on any atom is 0.220 e. The van der Waals surface area contributed by atoms with Gasteiger partial charge < -0.3 is 5.32 Å². The lowest BCUT2D eigenvalue weighted by Gasteiger charge is -2.17. The van der Waals surface area contributed by atoms with E-state index < -0.39 is 0 Å². The first kappa shape index (κ1) is 25.8. The molecule has 0 aromatic heterocycles. The molecular formula is C30H42N2O3. The van der Waals surface area contributed by atoms with E-state index in [0.29, 0.717) is 25.2 Å². The Hall–Kier alpha value is -2.27. The van der Waals surface area contributed by atoms with Crippen LogP contribution in [-0.4, -0.2) is 36.1 Å². The van der Waals surface area contributed by atoms with E-state index in [9.17, 15) is 14.4 Å². The summed E-state index contributed by atoms with van der Waals surface area (Å²) in [4.78, 5) is 38.0. The van der Waals surface area contributed by atoms with Crippen molar-refractivity contribution in [2.45, 2.75) is 102 Å². The summed E-state index contributed by atoms with van der Waals surface area (Å²) < 4.78 is 0. The molecule has 0 aromatic carbocycles. The van der Waals surface area contributed by atoms with E-state index in [4.69, 9.17) is 0 Å². The molecule has 0 spiro atoms. The second-order valence-electron chi connectivity index (χ2n) is 10.7. The Morgan fingerprint density at radius 1 is 0.886 bits per heavy atom. The predicted molar refractivity (Wildman–Crippen MR) is 140 cm³/mol. The van der Waals surface area contributed by atoms with Gasteiger partial charge in [-0.2, -0.15) is 0 Å². The van der Waals surface area contributed by atoms with Crippen LogP contribution in [0.4, 0.5) is 0 Å². The SMILES string of the molecule is O=C(CCC(=O)C1CCCCCCCCC1)NCCCCC1NC2C3=CC(=C/C=C\C=C/3)\C2C1=O. The number of allylic oxidation sites excluding steroid dienone is 5. The van der Waals surface area contributed by atoms with Gasteiger partial charge in [0.2, 0.25) is 5.91 Å². The molecule has 3 aliphatic carbocycles. The number of Topliss-reactive ketones (excluding diaryl/α,β-unsaturated/α-hetero) is 2. The normalized spacial score (nSPS) is 30.3. The van der Waals surface area contributed by atoms with Crippen LogP contribution in [0.15, 0.2) is 47.6 Å². The molecule has 5 nitrogen and oxygen atoms in total. The van der Waals surface area contributed by atoms with Crippen LogP contribution >= 0.6 is 0 Å². The lowest BCUT2D eigenvalue weighted by Crippen LogP contribution is -2.32. The molecule has 1 amide bonds. The van der Waals surface area contributed by atoms with E-state index in [2.05, 4.69) is 28.9 Å². The van der Waals surface area contributed by atoms with Crippen molar-refractivity contribution < 1.29 is 14.4 Å². The van der Waals surface area contributed by atoms with Gasteiger partial charge in [-0.1, -0.05) is 81.4 Å². The van der Waals surface area contributed by atoms with Crippen molar-refractivity contribution in [1.82, 2.24) is 10.6 Å². The van der Waals surface area contributed by atoms with Gasteiger partial charge in [-0.3, -0.25) is 19.7 Å². The summed E-state index contributed by atoms with van der Waals surface area (Å²) in [5.41, 5.74) is 2.30. The van der Waals surface area contributed by atoms with Gasteiger partial charge in [0, 0.05) is 31.3 Å². The van der Waals surface area contributed by atoms with Crippen LogP contribution in [0.1, 0.15) is 89.9 Å². The molecule has 0 aromatic rings. The van der Waals surface area contributed by atoms with Gasteiger partial charge >= 0.3 is 0 Å². The first-order valence-corrected chi connectivity index (χ1v) is 14.0. The zero-order valence-corrected chi connectivity index (χ0v) is 21.1. The lowest BCUT2D eigenvalue weighted by atomic mass is 9.87. The average molecular weight is 479 g/mol. The minimum absolute atomic E-state index is 0.0262. The number of hydrogen-bond acceptors (Lipinski definition) is 4. The lowest BCUT2D eigenvalue weighted by molar-refractivity contribution is -0.127. The van der Waals surface area contributed by atoms with Gasteiger partial charge in [-0.25, -0.2) is 0 Å². The number of amides is 1. The van der Waals surface area contributed by atoms with Crippen molar-refractivity contribution >= 4 is 17.5 Å². The summed E-state index contributed by atoms with van der Waals surface area (Å²) in [5.74, 6) is 0.638. The van der Waals surface area contributed by atoms with Gasteiger partial charge in [-0.15, -0.1) is 0 Å². The smallest absolute Gasteiger partial charge is 0.220 e. The van der Waals surface area contributed by atoms with Crippen LogP contribution in [0, 0.1) is 11.8 Å². The molecule has 2 N–H and O–H groups in total. The Bertz CT molecular complexity index is 887. The number of rotatable bonds is 9. The highest BCUT2D eigenvalue weighted by atomic mass is 16.2. The number of ketones is 2. The molecule has 3 atom stereocenters. The second-order valence-corrected chi connectivity index (χ2v) is 10.7. The third-order valence-electron chi connectivity index (χ3n) is 8.12. The molecule has 3 unspecified atom stereocenters.